The van der Waals surface area contributed by atoms with E-state index in [0.29, 0.717) is 17.9 Å². The second-order valence-corrected chi connectivity index (χ2v) is 7.26. The standard InChI is InChI=1S/C17H10F3N3OS2/c18-17(19,20)11-5-3-10(4-6-11)16-22-14(24-23-16)8-15-21-12(9-26-15)13-2-1-7-25-13/h1-7,9H,8H2. The van der Waals surface area contributed by atoms with E-state index in [4.69, 9.17) is 4.52 Å². The number of thiazole rings is 1. The summed E-state index contributed by atoms with van der Waals surface area (Å²) < 4.78 is 43.1. The Labute approximate surface area is 154 Å². The number of aromatic nitrogens is 3. The number of nitrogens with zero attached hydrogens (tertiary/aromatic N) is 3. The van der Waals surface area contributed by atoms with E-state index in [1.165, 1.54) is 23.5 Å². The highest BCUT2D eigenvalue weighted by atomic mass is 32.1. The van der Waals surface area contributed by atoms with Gasteiger partial charge in [0, 0.05) is 10.9 Å². The molecule has 0 atom stereocenters. The van der Waals surface area contributed by atoms with Crippen molar-refractivity contribution in [2.75, 3.05) is 0 Å². The molecule has 4 nitrogen and oxygen atoms in total. The van der Waals surface area contributed by atoms with Crippen LogP contribution in [0.4, 0.5) is 13.2 Å². The Morgan fingerprint density at radius 3 is 2.50 bits per heavy atom. The van der Waals surface area contributed by atoms with Gasteiger partial charge in [-0.3, -0.25) is 0 Å². The summed E-state index contributed by atoms with van der Waals surface area (Å²) in [5, 5.41) is 8.63. The van der Waals surface area contributed by atoms with Gasteiger partial charge in [0.1, 0.15) is 5.01 Å². The molecule has 0 aliphatic carbocycles. The molecule has 0 amide bonds. The molecule has 4 rings (SSSR count). The molecule has 0 fully saturated rings. The zero-order chi connectivity index (χ0) is 18.1. The van der Waals surface area contributed by atoms with E-state index in [1.54, 1.807) is 11.3 Å². The number of thiophene rings is 1. The van der Waals surface area contributed by atoms with Crippen molar-refractivity contribution in [3.05, 3.63) is 63.6 Å². The zero-order valence-corrected chi connectivity index (χ0v) is 14.7. The molecule has 0 spiro atoms. The van der Waals surface area contributed by atoms with Crippen LogP contribution in [0.5, 0.6) is 0 Å². The lowest BCUT2D eigenvalue weighted by molar-refractivity contribution is -0.137. The molecule has 0 aliphatic rings. The van der Waals surface area contributed by atoms with Gasteiger partial charge < -0.3 is 4.52 Å². The first-order valence-electron chi connectivity index (χ1n) is 7.47. The van der Waals surface area contributed by atoms with E-state index in [-0.39, 0.29) is 5.82 Å². The molecule has 9 heteroatoms. The Balaban J connectivity index is 1.50. The third kappa shape index (κ3) is 3.54. The Bertz CT molecular complexity index is 1000. The summed E-state index contributed by atoms with van der Waals surface area (Å²) in [4.78, 5) is 9.88. The molecule has 0 saturated heterocycles. The Morgan fingerprint density at radius 1 is 1.00 bits per heavy atom. The first kappa shape index (κ1) is 16.9. The third-order valence-corrected chi connectivity index (χ3v) is 5.31. The van der Waals surface area contributed by atoms with Crippen molar-refractivity contribution < 1.29 is 17.7 Å². The quantitative estimate of drug-likeness (QED) is 0.457. The molecule has 3 aromatic heterocycles. The van der Waals surface area contributed by atoms with Crippen molar-refractivity contribution in [2.24, 2.45) is 0 Å². The minimum atomic E-state index is -4.37. The van der Waals surface area contributed by atoms with Crippen LogP contribution in [0.3, 0.4) is 0 Å². The lowest BCUT2D eigenvalue weighted by atomic mass is 10.1. The number of hydrogen-bond acceptors (Lipinski definition) is 6. The number of benzene rings is 1. The van der Waals surface area contributed by atoms with Crippen LogP contribution in [-0.4, -0.2) is 15.1 Å². The molecule has 4 aromatic rings. The van der Waals surface area contributed by atoms with Gasteiger partial charge in [-0.05, 0) is 23.6 Å². The van der Waals surface area contributed by atoms with E-state index in [1.807, 2.05) is 22.9 Å². The van der Waals surface area contributed by atoms with Crippen molar-refractivity contribution in [3.63, 3.8) is 0 Å². The fourth-order valence-corrected chi connectivity index (χ4v) is 3.86. The summed E-state index contributed by atoms with van der Waals surface area (Å²) in [6.07, 6.45) is -3.99. The zero-order valence-electron chi connectivity index (χ0n) is 13.0. The van der Waals surface area contributed by atoms with Gasteiger partial charge in [0.25, 0.3) is 0 Å². The van der Waals surface area contributed by atoms with Crippen LogP contribution >= 0.6 is 22.7 Å². The highest BCUT2D eigenvalue weighted by molar-refractivity contribution is 7.14. The van der Waals surface area contributed by atoms with Crippen LogP contribution in [0.15, 0.2) is 51.7 Å². The molecule has 26 heavy (non-hydrogen) atoms. The number of rotatable bonds is 4. The Kier molecular flexibility index (Phi) is 4.33. The van der Waals surface area contributed by atoms with Gasteiger partial charge in [-0.1, -0.05) is 23.4 Å². The minimum absolute atomic E-state index is 0.253. The SMILES string of the molecule is FC(F)(F)c1ccc(-c2noc(Cc3nc(-c4cccs4)cs3)n2)cc1. The number of halogens is 3. The molecular weight excluding hydrogens is 383 g/mol. The van der Waals surface area contributed by atoms with Crippen molar-refractivity contribution in [3.8, 4) is 22.0 Å². The van der Waals surface area contributed by atoms with Crippen molar-refractivity contribution in [1.29, 1.82) is 0 Å². The fourth-order valence-electron chi connectivity index (χ4n) is 2.31. The normalized spacial score (nSPS) is 11.8. The number of alkyl halides is 3. The van der Waals surface area contributed by atoms with Gasteiger partial charge in [-0.15, -0.1) is 22.7 Å². The summed E-state index contributed by atoms with van der Waals surface area (Å²) in [5.74, 6) is 0.621. The highest BCUT2D eigenvalue weighted by Gasteiger charge is 2.30. The second-order valence-electron chi connectivity index (χ2n) is 5.37. The monoisotopic (exact) mass is 393 g/mol. The summed E-state index contributed by atoms with van der Waals surface area (Å²) >= 11 is 3.11. The van der Waals surface area contributed by atoms with Crippen LogP contribution in [0.2, 0.25) is 0 Å². The van der Waals surface area contributed by atoms with Crippen molar-refractivity contribution in [2.45, 2.75) is 12.6 Å². The summed E-state index contributed by atoms with van der Waals surface area (Å²) in [6, 6.07) is 8.62. The molecular formula is C17H10F3N3OS2. The second kappa shape index (κ2) is 6.65. The molecule has 0 saturated carbocycles. The molecule has 132 valence electrons. The largest absolute Gasteiger partial charge is 0.416 e. The maximum absolute atomic E-state index is 12.6. The predicted molar refractivity (Wildman–Crippen MR) is 93.0 cm³/mol. The lowest BCUT2D eigenvalue weighted by Crippen LogP contribution is -2.04. The first-order valence-corrected chi connectivity index (χ1v) is 9.23. The van der Waals surface area contributed by atoms with Gasteiger partial charge in [0.2, 0.25) is 11.7 Å². The van der Waals surface area contributed by atoms with Crippen molar-refractivity contribution in [1.82, 2.24) is 15.1 Å². The van der Waals surface area contributed by atoms with Crippen molar-refractivity contribution >= 4 is 22.7 Å². The van der Waals surface area contributed by atoms with Crippen LogP contribution in [0.1, 0.15) is 16.5 Å². The van der Waals surface area contributed by atoms with E-state index >= 15 is 0 Å². The molecule has 0 radical (unpaired) electrons. The summed E-state index contributed by atoms with van der Waals surface area (Å²) in [6.45, 7) is 0. The van der Waals surface area contributed by atoms with E-state index in [9.17, 15) is 13.2 Å². The van der Waals surface area contributed by atoms with Crippen LogP contribution in [-0.2, 0) is 12.6 Å². The topological polar surface area (TPSA) is 51.8 Å². The van der Waals surface area contributed by atoms with Crippen LogP contribution < -0.4 is 0 Å². The van der Waals surface area contributed by atoms with Gasteiger partial charge in [-0.25, -0.2) is 4.98 Å². The van der Waals surface area contributed by atoms with E-state index in [0.717, 1.165) is 27.7 Å². The van der Waals surface area contributed by atoms with Gasteiger partial charge in [0.15, 0.2) is 0 Å². The number of hydrogen-bond donors (Lipinski definition) is 0. The average Bonchev–Trinajstić information content (AvgIpc) is 3.36. The van der Waals surface area contributed by atoms with Gasteiger partial charge >= 0.3 is 6.18 Å². The van der Waals surface area contributed by atoms with Gasteiger partial charge in [0.05, 0.1) is 22.6 Å². The first-order chi connectivity index (χ1) is 12.5. The van der Waals surface area contributed by atoms with Gasteiger partial charge in [-0.2, -0.15) is 18.2 Å². The average molecular weight is 393 g/mol. The minimum Gasteiger partial charge on any atom is -0.339 e. The molecule has 0 bridgehead atoms. The summed E-state index contributed by atoms with van der Waals surface area (Å²) in [7, 11) is 0. The van der Waals surface area contributed by atoms with Crippen LogP contribution in [0.25, 0.3) is 22.0 Å². The maximum atomic E-state index is 12.6. The lowest BCUT2D eigenvalue weighted by Gasteiger charge is -2.05. The molecule has 3 heterocycles. The predicted octanol–water partition coefficient (Wildman–Crippen LogP) is 5.53. The molecule has 1 aromatic carbocycles. The summed E-state index contributed by atoms with van der Waals surface area (Å²) in [5.41, 5.74) is 0.655. The molecule has 0 N–H and O–H groups in total. The third-order valence-electron chi connectivity index (χ3n) is 3.57. The Morgan fingerprint density at radius 2 is 1.81 bits per heavy atom. The Hall–Kier alpha value is -2.52. The van der Waals surface area contributed by atoms with Crippen LogP contribution in [0, 0.1) is 0 Å². The molecule has 0 aliphatic heterocycles. The highest BCUT2D eigenvalue weighted by Crippen LogP contribution is 2.31. The maximum Gasteiger partial charge on any atom is 0.416 e. The molecule has 0 unspecified atom stereocenters. The van der Waals surface area contributed by atoms with E-state index < -0.39 is 11.7 Å². The van der Waals surface area contributed by atoms with E-state index in [2.05, 4.69) is 15.1 Å². The smallest absolute Gasteiger partial charge is 0.339 e. The fraction of sp³-hybridized carbons (Fsp3) is 0.118.